The fourth-order valence-electron chi connectivity index (χ4n) is 2.23. The van der Waals surface area contributed by atoms with Crippen LogP contribution in [0.15, 0.2) is 54.6 Å². The molecule has 2 aromatic carbocycles. The Morgan fingerprint density at radius 2 is 1.65 bits per heavy atom. The van der Waals surface area contributed by atoms with Crippen molar-refractivity contribution in [2.75, 3.05) is 4.90 Å². The predicted octanol–water partition coefficient (Wildman–Crippen LogP) is 3.11. The molecule has 0 aliphatic heterocycles. The van der Waals surface area contributed by atoms with Crippen LogP contribution >= 0.6 is 0 Å². The summed E-state index contributed by atoms with van der Waals surface area (Å²) in [5.74, 6) is -0.748. The minimum absolute atomic E-state index is 0.164. The molecule has 0 saturated heterocycles. The van der Waals surface area contributed by atoms with Crippen LogP contribution in [-0.4, -0.2) is 16.6 Å². The van der Waals surface area contributed by atoms with Gasteiger partial charge in [0.1, 0.15) is 11.5 Å². The summed E-state index contributed by atoms with van der Waals surface area (Å²) >= 11 is 0. The third kappa shape index (κ3) is 4.23. The number of nitrogens with zero attached hydrogens (tertiary/aromatic N) is 2. The van der Waals surface area contributed by atoms with Gasteiger partial charge in [-0.3, -0.25) is 19.7 Å². The van der Waals surface area contributed by atoms with Crippen LogP contribution in [0.4, 0.5) is 11.4 Å². The highest BCUT2D eigenvalue weighted by Crippen LogP contribution is 2.29. The Kier molecular flexibility index (Phi) is 5.19. The first-order valence-corrected chi connectivity index (χ1v) is 7.06. The van der Waals surface area contributed by atoms with Gasteiger partial charge in [0.25, 0.3) is 5.69 Å². The maximum Gasteiger partial charge on any atom is 0.292 e. The van der Waals surface area contributed by atoms with Gasteiger partial charge in [-0.2, -0.15) is 0 Å². The summed E-state index contributed by atoms with van der Waals surface area (Å²) in [7, 11) is 0. The van der Waals surface area contributed by atoms with E-state index in [2.05, 4.69) is 0 Å². The van der Waals surface area contributed by atoms with Crippen LogP contribution in [0.1, 0.15) is 18.9 Å². The Morgan fingerprint density at radius 3 is 2.26 bits per heavy atom. The average Bonchev–Trinajstić information content (AvgIpc) is 2.53. The average molecular weight is 312 g/mol. The maximum atomic E-state index is 12.4. The van der Waals surface area contributed by atoms with Gasteiger partial charge in [-0.15, -0.1) is 0 Å². The lowest BCUT2D eigenvalue weighted by atomic mass is 10.1. The molecule has 0 spiro atoms. The quantitative estimate of drug-likeness (QED) is 0.466. The van der Waals surface area contributed by atoms with E-state index in [0.717, 1.165) is 5.56 Å². The lowest BCUT2D eigenvalue weighted by Gasteiger charge is -2.22. The maximum absolute atomic E-state index is 12.4. The molecule has 0 saturated carbocycles. The summed E-state index contributed by atoms with van der Waals surface area (Å²) < 4.78 is 0. The fourth-order valence-corrected chi connectivity index (χ4v) is 2.23. The second-order valence-electron chi connectivity index (χ2n) is 5.09. The summed E-state index contributed by atoms with van der Waals surface area (Å²) in [4.78, 5) is 35.7. The highest BCUT2D eigenvalue weighted by molar-refractivity contribution is 6.05. The van der Waals surface area contributed by atoms with E-state index in [4.69, 9.17) is 0 Å². The largest absolute Gasteiger partial charge is 0.302 e. The van der Waals surface area contributed by atoms with Crippen molar-refractivity contribution in [3.63, 3.8) is 0 Å². The summed E-state index contributed by atoms with van der Waals surface area (Å²) in [5.41, 5.74) is 0.843. The molecule has 23 heavy (non-hydrogen) atoms. The summed E-state index contributed by atoms with van der Waals surface area (Å²) in [6.45, 7) is 1.48. The molecule has 0 unspecified atom stereocenters. The second-order valence-corrected chi connectivity index (χ2v) is 5.09. The molecule has 1 amide bonds. The molecule has 6 nitrogen and oxygen atoms in total. The van der Waals surface area contributed by atoms with Crippen LogP contribution in [0.2, 0.25) is 0 Å². The Balaban J connectivity index is 2.43. The second kappa shape index (κ2) is 7.31. The van der Waals surface area contributed by atoms with Crippen molar-refractivity contribution < 1.29 is 14.5 Å². The topological polar surface area (TPSA) is 80.5 Å². The van der Waals surface area contributed by atoms with E-state index in [1.807, 2.05) is 30.3 Å². The summed E-state index contributed by atoms with van der Waals surface area (Å²) in [6, 6.07) is 15.2. The molecule has 0 radical (unpaired) electrons. The van der Waals surface area contributed by atoms with Gasteiger partial charge in [0.15, 0.2) is 0 Å². The zero-order valence-corrected chi connectivity index (χ0v) is 12.6. The summed E-state index contributed by atoms with van der Waals surface area (Å²) in [6.07, 6.45) is -0.293. The van der Waals surface area contributed by atoms with Crippen LogP contribution in [0, 0.1) is 10.1 Å². The van der Waals surface area contributed by atoms with E-state index in [9.17, 15) is 19.7 Å². The van der Waals surface area contributed by atoms with E-state index in [-0.39, 0.29) is 30.1 Å². The molecule has 2 aromatic rings. The van der Waals surface area contributed by atoms with E-state index >= 15 is 0 Å². The summed E-state index contributed by atoms with van der Waals surface area (Å²) in [5, 5.41) is 11.2. The fraction of sp³-hybridized carbons (Fsp3) is 0.176. The van der Waals surface area contributed by atoms with Crippen molar-refractivity contribution in [2.45, 2.75) is 19.9 Å². The monoisotopic (exact) mass is 312 g/mol. The van der Waals surface area contributed by atoms with Gasteiger partial charge in [0, 0.05) is 6.07 Å². The van der Waals surface area contributed by atoms with Crippen molar-refractivity contribution in [3.05, 3.63) is 70.3 Å². The molecule has 0 aliphatic carbocycles. The van der Waals surface area contributed by atoms with Crippen molar-refractivity contribution in [3.8, 4) is 0 Å². The van der Waals surface area contributed by atoms with Crippen molar-refractivity contribution in [1.82, 2.24) is 0 Å². The third-order valence-corrected chi connectivity index (χ3v) is 3.25. The lowest BCUT2D eigenvalue weighted by molar-refractivity contribution is -0.384. The Labute approximate surface area is 133 Å². The number of anilines is 1. The first-order valence-electron chi connectivity index (χ1n) is 7.06. The molecule has 0 N–H and O–H groups in total. The number of carbonyl (C=O) groups is 2. The molecule has 2 rings (SSSR count). The molecule has 0 aromatic heterocycles. The van der Waals surface area contributed by atoms with Gasteiger partial charge < -0.3 is 4.90 Å². The van der Waals surface area contributed by atoms with Crippen LogP contribution in [0.25, 0.3) is 0 Å². The van der Waals surface area contributed by atoms with E-state index in [1.165, 1.54) is 30.0 Å². The number of nitro benzene ring substituents is 1. The molecule has 118 valence electrons. The standard InChI is InChI=1S/C17H16N2O4/c1-13(20)11-17(21)18(12-14-7-3-2-4-8-14)15-9-5-6-10-16(15)19(22)23/h2-10H,11-12H2,1H3. The van der Waals surface area contributed by atoms with Crippen LogP contribution in [-0.2, 0) is 16.1 Å². The number of ketones is 1. The number of benzene rings is 2. The minimum Gasteiger partial charge on any atom is -0.302 e. The first kappa shape index (κ1) is 16.4. The predicted molar refractivity (Wildman–Crippen MR) is 86.0 cm³/mol. The Morgan fingerprint density at radius 1 is 1.04 bits per heavy atom. The zero-order chi connectivity index (χ0) is 16.8. The number of nitro groups is 1. The lowest BCUT2D eigenvalue weighted by Crippen LogP contribution is -2.32. The molecular weight excluding hydrogens is 296 g/mol. The van der Waals surface area contributed by atoms with E-state index < -0.39 is 10.8 Å². The molecule has 0 aliphatic rings. The van der Waals surface area contributed by atoms with Gasteiger partial charge in [-0.05, 0) is 18.6 Å². The first-order chi connectivity index (χ1) is 11.0. The van der Waals surface area contributed by atoms with Crippen molar-refractivity contribution in [2.24, 2.45) is 0 Å². The number of Topliss-reactive ketones (excluding diaryl/α,β-unsaturated/α-hetero) is 1. The molecule has 0 heterocycles. The Hall–Kier alpha value is -3.02. The molecule has 0 atom stereocenters. The van der Waals surface area contributed by atoms with Gasteiger partial charge in [0.2, 0.25) is 5.91 Å². The molecule has 0 bridgehead atoms. The Bertz CT molecular complexity index is 728. The SMILES string of the molecule is CC(=O)CC(=O)N(Cc1ccccc1)c1ccccc1[N+](=O)[O-]. The molecular formula is C17H16N2O4. The smallest absolute Gasteiger partial charge is 0.292 e. The van der Waals surface area contributed by atoms with Gasteiger partial charge in [-0.1, -0.05) is 42.5 Å². The van der Waals surface area contributed by atoms with Crippen LogP contribution < -0.4 is 4.90 Å². The molecule has 0 fully saturated rings. The highest BCUT2D eigenvalue weighted by Gasteiger charge is 2.24. The van der Waals surface area contributed by atoms with Gasteiger partial charge in [-0.25, -0.2) is 0 Å². The van der Waals surface area contributed by atoms with E-state index in [1.54, 1.807) is 6.07 Å². The normalized spacial score (nSPS) is 10.1. The number of para-hydroxylation sites is 2. The number of hydrogen-bond donors (Lipinski definition) is 0. The number of amides is 1. The number of rotatable bonds is 6. The van der Waals surface area contributed by atoms with Gasteiger partial charge >= 0.3 is 0 Å². The van der Waals surface area contributed by atoms with E-state index in [0.29, 0.717) is 0 Å². The van der Waals surface area contributed by atoms with Gasteiger partial charge in [0.05, 0.1) is 17.9 Å². The zero-order valence-electron chi connectivity index (χ0n) is 12.6. The number of carbonyl (C=O) groups excluding carboxylic acids is 2. The van der Waals surface area contributed by atoms with Crippen LogP contribution in [0.5, 0.6) is 0 Å². The van der Waals surface area contributed by atoms with Crippen molar-refractivity contribution in [1.29, 1.82) is 0 Å². The van der Waals surface area contributed by atoms with Crippen molar-refractivity contribution >= 4 is 23.1 Å². The third-order valence-electron chi connectivity index (χ3n) is 3.25. The minimum atomic E-state index is -0.533. The number of hydrogen-bond acceptors (Lipinski definition) is 4. The highest BCUT2D eigenvalue weighted by atomic mass is 16.6. The molecule has 6 heteroatoms. The van der Waals surface area contributed by atoms with Crippen LogP contribution in [0.3, 0.4) is 0 Å².